The Labute approximate surface area is 80.8 Å². The number of rotatable bonds is 3. The van der Waals surface area contributed by atoms with E-state index in [1.54, 1.807) is 11.3 Å². The maximum absolute atomic E-state index is 10.9. The fraction of sp³-hybridized carbons (Fsp3) is 0.333. The SMILES string of the molecule is CC(=O)C(=O)NCc1ccc(C)s1. The summed E-state index contributed by atoms with van der Waals surface area (Å²) in [5.74, 6) is -0.973. The molecule has 0 atom stereocenters. The van der Waals surface area contributed by atoms with Gasteiger partial charge >= 0.3 is 0 Å². The molecule has 1 amide bonds. The highest BCUT2D eigenvalue weighted by molar-refractivity contribution is 7.11. The van der Waals surface area contributed by atoms with Gasteiger partial charge in [0, 0.05) is 16.7 Å². The van der Waals surface area contributed by atoms with Gasteiger partial charge in [-0.05, 0) is 19.1 Å². The molecule has 3 nitrogen and oxygen atoms in total. The molecule has 0 unspecified atom stereocenters. The Balaban J connectivity index is 2.44. The zero-order valence-corrected chi connectivity index (χ0v) is 8.40. The van der Waals surface area contributed by atoms with E-state index in [1.807, 2.05) is 19.1 Å². The molecule has 1 aromatic rings. The third-order valence-corrected chi connectivity index (χ3v) is 2.54. The van der Waals surface area contributed by atoms with Gasteiger partial charge in [0.05, 0.1) is 6.54 Å². The zero-order chi connectivity index (χ0) is 9.84. The maximum atomic E-state index is 10.9. The summed E-state index contributed by atoms with van der Waals surface area (Å²) in [6.07, 6.45) is 0. The van der Waals surface area contributed by atoms with E-state index in [0.29, 0.717) is 6.54 Å². The molecule has 1 heterocycles. The Morgan fingerprint density at radius 3 is 2.62 bits per heavy atom. The minimum Gasteiger partial charge on any atom is -0.345 e. The van der Waals surface area contributed by atoms with Crippen LogP contribution < -0.4 is 5.32 Å². The molecule has 0 radical (unpaired) electrons. The van der Waals surface area contributed by atoms with E-state index in [2.05, 4.69) is 5.32 Å². The second-order valence-corrected chi connectivity index (χ2v) is 4.12. The number of nitrogens with one attached hydrogen (secondary N) is 1. The summed E-state index contributed by atoms with van der Waals surface area (Å²) in [6.45, 7) is 3.70. The number of hydrogen-bond acceptors (Lipinski definition) is 3. The molecule has 4 heteroatoms. The fourth-order valence-corrected chi connectivity index (χ4v) is 1.70. The Morgan fingerprint density at radius 1 is 1.46 bits per heavy atom. The highest BCUT2D eigenvalue weighted by Crippen LogP contribution is 2.14. The molecule has 0 fully saturated rings. The van der Waals surface area contributed by atoms with Gasteiger partial charge in [-0.3, -0.25) is 9.59 Å². The highest BCUT2D eigenvalue weighted by atomic mass is 32.1. The monoisotopic (exact) mass is 197 g/mol. The second kappa shape index (κ2) is 4.18. The highest BCUT2D eigenvalue weighted by Gasteiger charge is 2.06. The maximum Gasteiger partial charge on any atom is 0.287 e. The average molecular weight is 197 g/mol. The van der Waals surface area contributed by atoms with Crippen molar-refractivity contribution in [1.29, 1.82) is 0 Å². The molecule has 0 spiro atoms. The van der Waals surface area contributed by atoms with Crippen LogP contribution >= 0.6 is 11.3 Å². The van der Waals surface area contributed by atoms with Crippen LogP contribution in [0.5, 0.6) is 0 Å². The molecule has 0 saturated carbocycles. The quantitative estimate of drug-likeness (QED) is 0.741. The van der Waals surface area contributed by atoms with Crippen LogP contribution in [0.25, 0.3) is 0 Å². The summed E-state index contributed by atoms with van der Waals surface area (Å²) in [5, 5.41) is 2.53. The Bertz CT molecular complexity index is 330. The van der Waals surface area contributed by atoms with E-state index in [9.17, 15) is 9.59 Å². The van der Waals surface area contributed by atoms with Crippen molar-refractivity contribution in [3.8, 4) is 0 Å². The van der Waals surface area contributed by atoms with Crippen molar-refractivity contribution < 1.29 is 9.59 Å². The van der Waals surface area contributed by atoms with Crippen LogP contribution in [0.4, 0.5) is 0 Å². The lowest BCUT2D eigenvalue weighted by atomic mass is 10.4. The van der Waals surface area contributed by atoms with Crippen LogP contribution in [-0.4, -0.2) is 11.7 Å². The van der Waals surface area contributed by atoms with Gasteiger partial charge in [0.1, 0.15) is 0 Å². The van der Waals surface area contributed by atoms with Crippen molar-refractivity contribution in [2.75, 3.05) is 0 Å². The van der Waals surface area contributed by atoms with E-state index in [-0.39, 0.29) is 0 Å². The summed E-state index contributed by atoms with van der Waals surface area (Å²) in [5.41, 5.74) is 0. The molecule has 0 bridgehead atoms. The minimum absolute atomic E-state index is 0.441. The summed E-state index contributed by atoms with van der Waals surface area (Å²) < 4.78 is 0. The standard InChI is InChI=1S/C9H11NO2S/c1-6-3-4-8(13-6)5-10-9(12)7(2)11/h3-4H,5H2,1-2H3,(H,10,12). The smallest absolute Gasteiger partial charge is 0.287 e. The van der Waals surface area contributed by atoms with E-state index in [0.717, 1.165) is 4.88 Å². The van der Waals surface area contributed by atoms with Gasteiger partial charge in [0.25, 0.3) is 5.91 Å². The second-order valence-electron chi connectivity index (χ2n) is 2.75. The van der Waals surface area contributed by atoms with E-state index >= 15 is 0 Å². The third-order valence-electron chi connectivity index (χ3n) is 1.54. The van der Waals surface area contributed by atoms with Gasteiger partial charge in [-0.1, -0.05) is 0 Å². The molecule has 0 aliphatic heterocycles. The van der Waals surface area contributed by atoms with Crippen LogP contribution in [0.1, 0.15) is 16.7 Å². The van der Waals surface area contributed by atoms with Crippen molar-refractivity contribution in [2.24, 2.45) is 0 Å². The number of hydrogen-bond donors (Lipinski definition) is 1. The van der Waals surface area contributed by atoms with Crippen LogP contribution in [0.3, 0.4) is 0 Å². The van der Waals surface area contributed by atoms with Crippen LogP contribution in [0.15, 0.2) is 12.1 Å². The average Bonchev–Trinajstić information content (AvgIpc) is 2.47. The summed E-state index contributed by atoms with van der Waals surface area (Å²) in [7, 11) is 0. The summed E-state index contributed by atoms with van der Waals surface area (Å²) >= 11 is 1.62. The topological polar surface area (TPSA) is 46.2 Å². The molecule has 0 aliphatic rings. The lowest BCUT2D eigenvalue weighted by Crippen LogP contribution is -2.28. The first-order chi connectivity index (χ1) is 6.09. The van der Waals surface area contributed by atoms with Gasteiger partial charge in [-0.15, -0.1) is 11.3 Å². The predicted molar refractivity (Wildman–Crippen MR) is 51.6 cm³/mol. The summed E-state index contributed by atoms with van der Waals surface area (Å²) in [4.78, 5) is 23.7. The van der Waals surface area contributed by atoms with Crippen molar-refractivity contribution in [3.63, 3.8) is 0 Å². The lowest BCUT2D eigenvalue weighted by Gasteiger charge is -1.98. The zero-order valence-electron chi connectivity index (χ0n) is 7.59. The van der Waals surface area contributed by atoms with Gasteiger partial charge in [0.2, 0.25) is 5.78 Å². The van der Waals surface area contributed by atoms with Gasteiger partial charge in [0.15, 0.2) is 0 Å². The van der Waals surface area contributed by atoms with Gasteiger partial charge < -0.3 is 5.32 Å². The number of Topliss-reactive ketones (excluding diaryl/α,β-unsaturated/α-hetero) is 1. The number of aryl methyl sites for hydroxylation is 1. The molecular formula is C9H11NO2S. The Morgan fingerprint density at radius 2 is 2.15 bits per heavy atom. The number of thiophene rings is 1. The van der Waals surface area contributed by atoms with Crippen LogP contribution in [-0.2, 0) is 16.1 Å². The molecule has 13 heavy (non-hydrogen) atoms. The van der Waals surface area contributed by atoms with E-state index in [4.69, 9.17) is 0 Å². The van der Waals surface area contributed by atoms with Crippen molar-refractivity contribution in [2.45, 2.75) is 20.4 Å². The molecule has 1 N–H and O–H groups in total. The van der Waals surface area contributed by atoms with E-state index in [1.165, 1.54) is 11.8 Å². The Hall–Kier alpha value is -1.16. The van der Waals surface area contributed by atoms with Crippen molar-refractivity contribution in [3.05, 3.63) is 21.9 Å². The predicted octanol–water partition coefficient (Wildman–Crippen LogP) is 1.26. The fourth-order valence-electron chi connectivity index (χ4n) is 0.872. The molecule has 0 aromatic carbocycles. The van der Waals surface area contributed by atoms with Gasteiger partial charge in [-0.25, -0.2) is 0 Å². The lowest BCUT2D eigenvalue weighted by molar-refractivity contribution is -0.136. The number of carbonyl (C=O) groups excluding carboxylic acids is 2. The van der Waals surface area contributed by atoms with E-state index < -0.39 is 11.7 Å². The molecular weight excluding hydrogens is 186 g/mol. The number of ketones is 1. The van der Waals surface area contributed by atoms with Gasteiger partial charge in [-0.2, -0.15) is 0 Å². The Kier molecular flexibility index (Phi) is 3.19. The van der Waals surface area contributed by atoms with Crippen molar-refractivity contribution in [1.82, 2.24) is 5.32 Å². The summed E-state index contributed by atoms with van der Waals surface area (Å²) in [6, 6.07) is 3.93. The van der Waals surface area contributed by atoms with Crippen LogP contribution in [0.2, 0.25) is 0 Å². The first kappa shape index (κ1) is 9.92. The first-order valence-electron chi connectivity index (χ1n) is 3.93. The molecule has 0 saturated heterocycles. The molecule has 1 aromatic heterocycles. The van der Waals surface area contributed by atoms with Crippen LogP contribution in [0, 0.1) is 6.92 Å². The first-order valence-corrected chi connectivity index (χ1v) is 4.75. The molecule has 70 valence electrons. The third kappa shape index (κ3) is 2.99. The largest absolute Gasteiger partial charge is 0.345 e. The normalized spacial score (nSPS) is 9.69. The number of amides is 1. The molecule has 1 rings (SSSR count). The minimum atomic E-state index is -0.522. The number of carbonyl (C=O) groups is 2. The van der Waals surface area contributed by atoms with Crippen molar-refractivity contribution >= 4 is 23.0 Å². The molecule has 0 aliphatic carbocycles.